The Kier molecular flexibility index (Phi) is 3.78. The third-order valence-electron chi connectivity index (χ3n) is 2.54. The van der Waals surface area contributed by atoms with E-state index in [4.69, 9.17) is 21.1 Å². The van der Waals surface area contributed by atoms with E-state index < -0.39 is 10.9 Å². The summed E-state index contributed by atoms with van der Waals surface area (Å²) in [6.07, 6.45) is 0.401. The molecule has 1 unspecified atom stereocenters. The van der Waals surface area contributed by atoms with Gasteiger partial charge in [-0.25, -0.2) is 4.79 Å². The molecule has 1 fully saturated rings. The summed E-state index contributed by atoms with van der Waals surface area (Å²) in [7, 11) is 0. The van der Waals surface area contributed by atoms with Crippen LogP contribution in [-0.2, 0) is 9.47 Å². The molecule has 7 heteroatoms. The van der Waals surface area contributed by atoms with Crippen molar-refractivity contribution >= 4 is 23.3 Å². The van der Waals surface area contributed by atoms with Crippen LogP contribution in [0.2, 0.25) is 5.02 Å². The molecule has 0 spiro atoms. The van der Waals surface area contributed by atoms with Gasteiger partial charge in [0, 0.05) is 12.5 Å². The molecule has 96 valence electrons. The van der Waals surface area contributed by atoms with Crippen LogP contribution in [0.4, 0.5) is 5.69 Å². The van der Waals surface area contributed by atoms with Crippen molar-refractivity contribution in [1.82, 2.24) is 0 Å². The van der Waals surface area contributed by atoms with Crippen LogP contribution in [-0.4, -0.2) is 30.2 Å². The van der Waals surface area contributed by atoms with E-state index in [0.717, 1.165) is 0 Å². The molecule has 18 heavy (non-hydrogen) atoms. The van der Waals surface area contributed by atoms with Crippen molar-refractivity contribution in [1.29, 1.82) is 0 Å². The largest absolute Gasteiger partial charge is 0.456 e. The topological polar surface area (TPSA) is 78.7 Å². The summed E-state index contributed by atoms with van der Waals surface area (Å²) in [6, 6.07) is 3.74. The average molecular weight is 272 g/mol. The second kappa shape index (κ2) is 5.32. The van der Waals surface area contributed by atoms with E-state index in [1.165, 1.54) is 18.2 Å². The van der Waals surface area contributed by atoms with Crippen molar-refractivity contribution < 1.29 is 19.2 Å². The average Bonchev–Trinajstić information content (AvgIpc) is 2.81. The van der Waals surface area contributed by atoms with Gasteiger partial charge in [-0.2, -0.15) is 0 Å². The zero-order valence-corrected chi connectivity index (χ0v) is 10.1. The van der Waals surface area contributed by atoms with Gasteiger partial charge in [0.2, 0.25) is 0 Å². The molecule has 1 aromatic rings. The van der Waals surface area contributed by atoms with Gasteiger partial charge in [0.05, 0.1) is 23.7 Å². The van der Waals surface area contributed by atoms with Gasteiger partial charge in [0.15, 0.2) is 0 Å². The maximum Gasteiger partial charge on any atom is 0.338 e. The molecule has 0 saturated carbocycles. The van der Waals surface area contributed by atoms with Gasteiger partial charge in [0.25, 0.3) is 5.69 Å². The lowest BCUT2D eigenvalue weighted by atomic mass is 10.2. The molecule has 1 atom stereocenters. The molecule has 1 aromatic carbocycles. The van der Waals surface area contributed by atoms with Crippen LogP contribution in [0.3, 0.4) is 0 Å². The lowest BCUT2D eigenvalue weighted by molar-refractivity contribution is -0.384. The minimum Gasteiger partial charge on any atom is -0.456 e. The highest BCUT2D eigenvalue weighted by atomic mass is 35.5. The summed E-state index contributed by atoms with van der Waals surface area (Å²) in [5, 5.41) is 10.5. The second-order valence-corrected chi connectivity index (χ2v) is 4.22. The third-order valence-corrected chi connectivity index (χ3v) is 2.84. The van der Waals surface area contributed by atoms with Crippen molar-refractivity contribution in [3.05, 3.63) is 38.9 Å². The maximum absolute atomic E-state index is 11.7. The first-order chi connectivity index (χ1) is 8.58. The van der Waals surface area contributed by atoms with Crippen molar-refractivity contribution in [2.75, 3.05) is 13.2 Å². The molecule has 0 radical (unpaired) electrons. The summed E-state index contributed by atoms with van der Waals surface area (Å²) in [6.45, 7) is 0.950. The van der Waals surface area contributed by atoms with Crippen LogP contribution in [0.5, 0.6) is 0 Å². The number of nitrogens with zero attached hydrogens (tertiary/aromatic N) is 1. The zero-order valence-electron chi connectivity index (χ0n) is 9.30. The van der Waals surface area contributed by atoms with Gasteiger partial charge in [-0.1, -0.05) is 11.6 Å². The van der Waals surface area contributed by atoms with E-state index in [0.29, 0.717) is 19.6 Å². The molecule has 0 amide bonds. The Morgan fingerprint density at radius 2 is 2.33 bits per heavy atom. The standard InChI is InChI=1S/C11H10ClNO5/c12-9-5-7(1-2-10(9)13(15)16)11(14)18-8-3-4-17-6-8/h1-2,5,8H,3-4,6H2. The molecule has 1 saturated heterocycles. The predicted octanol–water partition coefficient (Wildman–Crippen LogP) is 2.19. The number of carbonyl (C=O) groups is 1. The fraction of sp³-hybridized carbons (Fsp3) is 0.364. The number of esters is 1. The van der Waals surface area contributed by atoms with Crippen molar-refractivity contribution in [3.8, 4) is 0 Å². The highest BCUT2D eigenvalue weighted by molar-refractivity contribution is 6.33. The van der Waals surface area contributed by atoms with Gasteiger partial charge < -0.3 is 9.47 Å². The molecule has 2 rings (SSSR count). The molecule has 0 bridgehead atoms. The molecule has 6 nitrogen and oxygen atoms in total. The fourth-order valence-corrected chi connectivity index (χ4v) is 1.86. The van der Waals surface area contributed by atoms with Gasteiger partial charge in [-0.3, -0.25) is 10.1 Å². The molecule has 1 heterocycles. The lowest BCUT2D eigenvalue weighted by Crippen LogP contribution is -2.18. The first-order valence-corrected chi connectivity index (χ1v) is 5.68. The molecule has 0 N–H and O–H groups in total. The van der Waals surface area contributed by atoms with Crippen LogP contribution in [0.1, 0.15) is 16.8 Å². The molecule has 0 aromatic heterocycles. The van der Waals surface area contributed by atoms with Gasteiger partial charge in [-0.05, 0) is 12.1 Å². The number of hydrogen-bond donors (Lipinski definition) is 0. The Bertz CT molecular complexity index is 484. The number of halogens is 1. The van der Waals surface area contributed by atoms with Crippen molar-refractivity contribution in [2.24, 2.45) is 0 Å². The van der Waals surface area contributed by atoms with E-state index in [1.807, 2.05) is 0 Å². The fourth-order valence-electron chi connectivity index (χ4n) is 1.61. The number of nitro groups is 1. The second-order valence-electron chi connectivity index (χ2n) is 3.81. The first kappa shape index (κ1) is 12.8. The summed E-state index contributed by atoms with van der Waals surface area (Å²) < 4.78 is 10.2. The highest BCUT2D eigenvalue weighted by Crippen LogP contribution is 2.25. The number of carbonyl (C=O) groups excluding carboxylic acids is 1. The van der Waals surface area contributed by atoms with Crippen LogP contribution < -0.4 is 0 Å². The van der Waals surface area contributed by atoms with E-state index in [2.05, 4.69) is 0 Å². The normalized spacial score (nSPS) is 18.6. The smallest absolute Gasteiger partial charge is 0.338 e. The monoisotopic (exact) mass is 271 g/mol. The van der Waals surface area contributed by atoms with E-state index in [-0.39, 0.29) is 22.4 Å². The molecule has 1 aliphatic rings. The summed E-state index contributed by atoms with van der Waals surface area (Å²) >= 11 is 5.71. The lowest BCUT2D eigenvalue weighted by Gasteiger charge is -2.09. The number of nitro benzene ring substituents is 1. The van der Waals surface area contributed by atoms with Crippen LogP contribution in [0.15, 0.2) is 18.2 Å². The molecular weight excluding hydrogens is 262 g/mol. The minimum atomic E-state index is -0.609. The van der Waals surface area contributed by atoms with Gasteiger partial charge in [0.1, 0.15) is 11.1 Å². The maximum atomic E-state index is 11.7. The molecule has 0 aliphatic carbocycles. The summed E-state index contributed by atoms with van der Waals surface area (Å²) in [5.74, 6) is -0.553. The van der Waals surface area contributed by atoms with Gasteiger partial charge in [-0.15, -0.1) is 0 Å². The quantitative estimate of drug-likeness (QED) is 0.478. The Morgan fingerprint density at radius 3 is 2.89 bits per heavy atom. The SMILES string of the molecule is O=C(OC1CCOC1)c1ccc([N+](=O)[O-])c(Cl)c1. The third kappa shape index (κ3) is 2.77. The Hall–Kier alpha value is -1.66. The number of benzene rings is 1. The van der Waals surface area contributed by atoms with Crippen LogP contribution in [0, 0.1) is 10.1 Å². The summed E-state index contributed by atoms with van der Waals surface area (Å²) in [5.41, 5.74) is -0.0464. The Labute approximate surface area is 108 Å². The summed E-state index contributed by atoms with van der Waals surface area (Å²) in [4.78, 5) is 21.7. The van der Waals surface area contributed by atoms with Crippen LogP contribution in [0.25, 0.3) is 0 Å². The zero-order chi connectivity index (χ0) is 13.1. The molecule has 1 aliphatic heterocycles. The Morgan fingerprint density at radius 1 is 1.56 bits per heavy atom. The van der Waals surface area contributed by atoms with E-state index in [1.54, 1.807) is 0 Å². The predicted molar refractivity (Wildman–Crippen MR) is 62.7 cm³/mol. The Balaban J connectivity index is 2.10. The van der Waals surface area contributed by atoms with E-state index in [9.17, 15) is 14.9 Å². The van der Waals surface area contributed by atoms with Crippen molar-refractivity contribution in [3.63, 3.8) is 0 Å². The van der Waals surface area contributed by atoms with Crippen LogP contribution >= 0.6 is 11.6 Å². The van der Waals surface area contributed by atoms with Crippen molar-refractivity contribution in [2.45, 2.75) is 12.5 Å². The first-order valence-electron chi connectivity index (χ1n) is 5.30. The van der Waals surface area contributed by atoms with Gasteiger partial charge >= 0.3 is 5.97 Å². The number of ether oxygens (including phenoxy) is 2. The number of rotatable bonds is 3. The minimum absolute atomic E-state index is 0.0860. The van der Waals surface area contributed by atoms with E-state index >= 15 is 0 Å². The molecular formula is C11H10ClNO5. The highest BCUT2D eigenvalue weighted by Gasteiger charge is 2.22. The number of hydrogen-bond acceptors (Lipinski definition) is 5.